The van der Waals surface area contributed by atoms with E-state index < -0.39 is 83.6 Å². The Morgan fingerprint density at radius 1 is 1.11 bits per heavy atom. The molecular formula is C15H23N5O15P2. The summed E-state index contributed by atoms with van der Waals surface area (Å²) in [5, 5.41) is 49.4. The first-order chi connectivity index (χ1) is 17.2. The highest BCUT2D eigenvalue weighted by atomic mass is 31.3. The number of anilines is 1. The molecule has 37 heavy (non-hydrogen) atoms. The van der Waals surface area contributed by atoms with Crippen LogP contribution in [0.2, 0.25) is 0 Å². The number of phosphoric acid groups is 2. The van der Waals surface area contributed by atoms with Gasteiger partial charge in [-0.3, -0.25) is 23.4 Å². The third kappa shape index (κ3) is 5.92. The van der Waals surface area contributed by atoms with E-state index in [0.29, 0.717) is 0 Å². The van der Waals surface area contributed by atoms with Crippen molar-refractivity contribution in [2.24, 2.45) is 0 Å². The van der Waals surface area contributed by atoms with Crippen LogP contribution in [-0.2, 0) is 32.0 Å². The molecule has 0 aliphatic carbocycles. The molecule has 0 aromatic carbocycles. The maximum absolute atomic E-state index is 12.2. The molecular weight excluding hydrogens is 552 g/mol. The molecule has 20 nitrogen and oxygen atoms in total. The Morgan fingerprint density at radius 3 is 2.51 bits per heavy atom. The maximum Gasteiger partial charge on any atom is 0.483 e. The van der Waals surface area contributed by atoms with Crippen LogP contribution in [0.25, 0.3) is 11.2 Å². The van der Waals surface area contributed by atoms with Crippen molar-refractivity contribution >= 4 is 32.8 Å². The Kier molecular flexibility index (Phi) is 7.88. The number of nitrogens with two attached hydrogens (primary N) is 1. The van der Waals surface area contributed by atoms with Gasteiger partial charge in [-0.05, 0) is 0 Å². The third-order valence-corrected chi connectivity index (χ3v) is 7.96. The van der Waals surface area contributed by atoms with Crippen LogP contribution in [0.15, 0.2) is 11.1 Å². The van der Waals surface area contributed by atoms with Gasteiger partial charge >= 0.3 is 15.6 Å². The van der Waals surface area contributed by atoms with Gasteiger partial charge in [0.2, 0.25) is 5.95 Å². The minimum Gasteiger partial charge on any atom is -0.388 e. The summed E-state index contributed by atoms with van der Waals surface area (Å²) in [5.41, 5.74) is 4.58. The number of H-pyrrole nitrogens is 1. The van der Waals surface area contributed by atoms with E-state index >= 15 is 0 Å². The summed E-state index contributed by atoms with van der Waals surface area (Å²) in [4.78, 5) is 41.5. The van der Waals surface area contributed by atoms with Gasteiger partial charge in [0.1, 0.15) is 36.6 Å². The van der Waals surface area contributed by atoms with Gasteiger partial charge in [-0.1, -0.05) is 0 Å². The lowest BCUT2D eigenvalue weighted by molar-refractivity contribution is -0.245. The molecule has 208 valence electrons. The minimum atomic E-state index is -5.48. The van der Waals surface area contributed by atoms with Gasteiger partial charge in [-0.25, -0.2) is 14.1 Å². The number of fused-ring (bicyclic) bond motifs is 1. The highest BCUT2D eigenvalue weighted by Gasteiger charge is 2.48. The third-order valence-electron chi connectivity index (χ3n) is 5.36. The monoisotopic (exact) mass is 575 g/mol. The van der Waals surface area contributed by atoms with Crippen molar-refractivity contribution in [3.63, 3.8) is 0 Å². The van der Waals surface area contributed by atoms with Crippen molar-refractivity contribution in [1.29, 1.82) is 0 Å². The Labute approximate surface area is 205 Å². The van der Waals surface area contributed by atoms with Crippen LogP contribution in [0.1, 0.15) is 6.23 Å². The zero-order valence-electron chi connectivity index (χ0n) is 18.3. The topological polar surface area (TPSA) is 311 Å². The number of nitrogens with zero attached hydrogens (tertiary/aromatic N) is 3. The average Bonchev–Trinajstić information content (AvgIpc) is 3.33. The van der Waals surface area contributed by atoms with E-state index in [9.17, 15) is 49.2 Å². The minimum absolute atomic E-state index is 0.0987. The number of imidazole rings is 1. The molecule has 2 saturated heterocycles. The van der Waals surface area contributed by atoms with Crippen LogP contribution in [0.5, 0.6) is 0 Å². The molecule has 10 N–H and O–H groups in total. The number of hydrogen-bond acceptors (Lipinski definition) is 16. The van der Waals surface area contributed by atoms with Gasteiger partial charge in [-0.15, -0.1) is 0 Å². The number of phosphoric ester groups is 2. The summed E-state index contributed by atoms with van der Waals surface area (Å²) in [7, 11) is -10.9. The van der Waals surface area contributed by atoms with E-state index in [1.54, 1.807) is 0 Å². The number of nitrogen functional groups attached to an aromatic ring is 1. The fourth-order valence-corrected chi connectivity index (χ4v) is 5.74. The first-order valence-corrected chi connectivity index (χ1v) is 13.3. The number of aromatic amines is 1. The fraction of sp³-hybridized carbons (Fsp3) is 0.667. The summed E-state index contributed by atoms with van der Waals surface area (Å²) < 4.78 is 48.7. The quantitative estimate of drug-likeness (QED) is 0.135. The van der Waals surface area contributed by atoms with E-state index in [1.165, 1.54) is 0 Å². The van der Waals surface area contributed by atoms with Gasteiger partial charge in [0.25, 0.3) is 5.56 Å². The highest BCUT2D eigenvalue weighted by molar-refractivity contribution is 7.61. The smallest absolute Gasteiger partial charge is 0.388 e. The first kappa shape index (κ1) is 28.1. The average molecular weight is 575 g/mol. The van der Waals surface area contributed by atoms with Gasteiger partial charge < -0.3 is 50.5 Å². The van der Waals surface area contributed by atoms with Crippen LogP contribution < -0.4 is 11.3 Å². The first-order valence-electron chi connectivity index (χ1n) is 10.3. The molecule has 4 heterocycles. The molecule has 0 bridgehead atoms. The summed E-state index contributed by atoms with van der Waals surface area (Å²) >= 11 is 0. The lowest BCUT2D eigenvalue weighted by Crippen LogP contribution is -2.53. The zero-order chi connectivity index (χ0) is 27.3. The van der Waals surface area contributed by atoms with Crippen LogP contribution >= 0.6 is 15.6 Å². The SMILES string of the molecule is Nc1nc2c(ncn2[C@@H]2O[C@H](COP(=O)(O)OP(=O)(O)O[C@H]3OC[C@@H](O)[C@H](O)[C@@H]3O)[C@@H](O)[C@H]2O)c(=O)[nH]1. The second kappa shape index (κ2) is 10.4. The number of ether oxygens (including phenoxy) is 2. The number of nitrogens with one attached hydrogen (secondary N) is 1. The molecule has 22 heteroatoms. The molecule has 0 radical (unpaired) electrons. The van der Waals surface area contributed by atoms with Crippen molar-refractivity contribution in [2.75, 3.05) is 18.9 Å². The molecule has 0 amide bonds. The predicted octanol–water partition coefficient (Wildman–Crippen LogP) is -3.99. The molecule has 2 aliphatic heterocycles. The molecule has 2 aromatic heterocycles. The summed E-state index contributed by atoms with van der Waals surface area (Å²) in [6.07, 6.45) is -12.6. The van der Waals surface area contributed by atoms with E-state index in [2.05, 4.69) is 28.3 Å². The summed E-state index contributed by atoms with van der Waals surface area (Å²) in [6.45, 7) is -1.56. The number of aliphatic hydroxyl groups excluding tert-OH is 5. The normalized spacial score (nSPS) is 35.9. The van der Waals surface area contributed by atoms with Crippen molar-refractivity contribution in [3.8, 4) is 0 Å². The molecule has 4 rings (SSSR count). The number of hydrogen-bond donors (Lipinski definition) is 9. The Balaban J connectivity index is 1.39. The van der Waals surface area contributed by atoms with E-state index in [1.807, 2.05) is 0 Å². The van der Waals surface area contributed by atoms with E-state index in [0.717, 1.165) is 10.9 Å². The van der Waals surface area contributed by atoms with Crippen molar-refractivity contribution in [2.45, 2.75) is 49.1 Å². The maximum atomic E-state index is 12.2. The highest BCUT2D eigenvalue weighted by Crippen LogP contribution is 2.61. The predicted molar refractivity (Wildman–Crippen MR) is 114 cm³/mol. The van der Waals surface area contributed by atoms with Crippen LogP contribution in [-0.4, -0.2) is 111 Å². The summed E-state index contributed by atoms with van der Waals surface area (Å²) in [6, 6.07) is 0. The van der Waals surface area contributed by atoms with Crippen molar-refractivity contribution in [3.05, 3.63) is 16.7 Å². The number of rotatable bonds is 8. The standard InChI is InChI=1S/C15H23N5O15P2/c16-15-18-11-6(12(26)19-15)17-3-20(11)13-9(24)8(23)5(33-13)2-32-36(27,28)35-37(29,30)34-14-10(25)7(22)4(21)1-31-14/h3-5,7-10,13-14,21-25H,1-2H2,(H,27,28)(H,29,30)(H3,16,18,19,26)/t4-,5-,7+,8-,9-,10+,13-,14-/m1/s1. The lowest BCUT2D eigenvalue weighted by atomic mass is 10.1. The Hall–Kier alpha value is -1.87. The van der Waals surface area contributed by atoms with Crippen molar-refractivity contribution < 1.29 is 67.3 Å². The number of aromatic nitrogens is 4. The van der Waals surface area contributed by atoms with Crippen LogP contribution in [0, 0.1) is 0 Å². The Morgan fingerprint density at radius 2 is 1.81 bits per heavy atom. The van der Waals surface area contributed by atoms with Gasteiger partial charge in [-0.2, -0.15) is 9.29 Å². The van der Waals surface area contributed by atoms with Crippen LogP contribution in [0.4, 0.5) is 5.95 Å². The molecule has 2 unspecified atom stereocenters. The van der Waals surface area contributed by atoms with Gasteiger partial charge in [0.15, 0.2) is 23.7 Å². The van der Waals surface area contributed by atoms with Crippen LogP contribution in [0.3, 0.4) is 0 Å². The molecule has 10 atom stereocenters. The van der Waals surface area contributed by atoms with Gasteiger partial charge in [0, 0.05) is 0 Å². The second-order valence-corrected chi connectivity index (χ2v) is 11.0. The molecule has 2 aromatic rings. The number of aliphatic hydroxyl groups is 5. The lowest BCUT2D eigenvalue weighted by Gasteiger charge is -2.35. The Bertz CT molecular complexity index is 1290. The van der Waals surface area contributed by atoms with E-state index in [4.69, 9.17) is 15.2 Å². The zero-order valence-corrected chi connectivity index (χ0v) is 20.1. The largest absolute Gasteiger partial charge is 0.483 e. The molecule has 0 spiro atoms. The van der Waals surface area contributed by atoms with Crippen molar-refractivity contribution in [1.82, 2.24) is 19.5 Å². The second-order valence-electron chi connectivity index (χ2n) is 7.99. The van der Waals surface area contributed by atoms with E-state index in [-0.39, 0.29) is 17.1 Å². The summed E-state index contributed by atoms with van der Waals surface area (Å²) in [5.74, 6) is -0.266. The molecule has 0 saturated carbocycles. The molecule has 2 fully saturated rings. The van der Waals surface area contributed by atoms with Gasteiger partial charge in [0.05, 0.1) is 19.5 Å². The fourth-order valence-electron chi connectivity index (χ4n) is 3.57. The molecule has 2 aliphatic rings.